The molecule has 2 aliphatic rings. The number of benzene rings is 1. The summed E-state index contributed by atoms with van der Waals surface area (Å²) < 4.78 is 43.0. The van der Waals surface area contributed by atoms with Crippen molar-refractivity contribution in [2.75, 3.05) is 27.3 Å². The molecule has 0 amide bonds. The maximum Gasteiger partial charge on any atom is 0.309 e. The van der Waals surface area contributed by atoms with Crippen molar-refractivity contribution >= 4 is 21.8 Å². The molecule has 29 heavy (non-hydrogen) atoms. The average Bonchev–Trinajstić information content (AvgIpc) is 2.74. The molecule has 3 rings (SSSR count). The van der Waals surface area contributed by atoms with Gasteiger partial charge in [0.15, 0.2) is 23.4 Å². The molecule has 0 bridgehead atoms. The Morgan fingerprint density at radius 3 is 2.34 bits per heavy atom. The van der Waals surface area contributed by atoms with Crippen LogP contribution in [-0.4, -0.2) is 57.9 Å². The van der Waals surface area contributed by atoms with E-state index in [1.165, 1.54) is 30.7 Å². The van der Waals surface area contributed by atoms with Crippen LogP contribution in [0.3, 0.4) is 0 Å². The van der Waals surface area contributed by atoms with E-state index in [9.17, 15) is 18.0 Å². The molecule has 2 fully saturated rings. The smallest absolute Gasteiger partial charge is 0.309 e. The summed E-state index contributed by atoms with van der Waals surface area (Å²) >= 11 is 0. The number of carbonyl (C=O) groups is 2. The number of rotatable bonds is 6. The van der Waals surface area contributed by atoms with Gasteiger partial charge in [-0.05, 0) is 44.2 Å². The number of ether oxygens (including phenoxy) is 3. The third-order valence-electron chi connectivity index (χ3n) is 5.54. The number of piperidine rings is 1. The monoisotopic (exact) mass is 425 g/mol. The lowest BCUT2D eigenvalue weighted by Gasteiger charge is -2.31. The number of esters is 1. The Hall–Kier alpha value is -2.13. The van der Waals surface area contributed by atoms with Gasteiger partial charge in [0.05, 0.1) is 25.0 Å². The van der Waals surface area contributed by atoms with Crippen LogP contribution in [0, 0.1) is 5.92 Å². The number of methoxy groups -OCH3 is 2. The van der Waals surface area contributed by atoms with Crippen molar-refractivity contribution in [2.24, 2.45) is 5.92 Å². The van der Waals surface area contributed by atoms with Crippen molar-refractivity contribution in [3.8, 4) is 11.5 Å². The SMILES string of the molecule is COc1ccc(S(=O)(=O)N2CCC(C(=O)O[C@@H]3CCCCC3=O)CC2)cc1OC. The minimum absolute atomic E-state index is 0.0157. The van der Waals surface area contributed by atoms with Crippen LogP contribution >= 0.6 is 0 Å². The first kappa shape index (κ1) is 21.6. The molecule has 1 heterocycles. The lowest BCUT2D eigenvalue weighted by Crippen LogP contribution is -2.41. The van der Waals surface area contributed by atoms with E-state index in [2.05, 4.69) is 0 Å². The first-order valence-corrected chi connectivity index (χ1v) is 11.3. The summed E-state index contributed by atoms with van der Waals surface area (Å²) in [5.41, 5.74) is 0. The molecular weight excluding hydrogens is 398 g/mol. The van der Waals surface area contributed by atoms with E-state index in [1.807, 2.05) is 0 Å². The fourth-order valence-corrected chi connectivity index (χ4v) is 5.26. The van der Waals surface area contributed by atoms with Crippen molar-refractivity contribution in [3.63, 3.8) is 0 Å². The van der Waals surface area contributed by atoms with Gasteiger partial charge in [0.1, 0.15) is 0 Å². The Balaban J connectivity index is 1.62. The lowest BCUT2D eigenvalue weighted by atomic mass is 9.95. The summed E-state index contributed by atoms with van der Waals surface area (Å²) in [5.74, 6) is -0.0117. The maximum atomic E-state index is 13.0. The second-order valence-corrected chi connectivity index (χ2v) is 9.27. The summed E-state index contributed by atoms with van der Waals surface area (Å²) in [5, 5.41) is 0. The highest BCUT2D eigenvalue weighted by molar-refractivity contribution is 7.89. The zero-order valence-corrected chi connectivity index (χ0v) is 17.6. The van der Waals surface area contributed by atoms with E-state index in [1.54, 1.807) is 6.07 Å². The van der Waals surface area contributed by atoms with E-state index in [4.69, 9.17) is 14.2 Å². The number of Topliss-reactive ketones (excluding diaryl/α,β-unsaturated/α-hetero) is 1. The summed E-state index contributed by atoms with van der Waals surface area (Å²) in [6, 6.07) is 4.46. The van der Waals surface area contributed by atoms with Crippen LogP contribution in [0.1, 0.15) is 38.5 Å². The highest BCUT2D eigenvalue weighted by Gasteiger charge is 2.35. The second-order valence-electron chi connectivity index (χ2n) is 7.33. The van der Waals surface area contributed by atoms with Gasteiger partial charge in [-0.15, -0.1) is 0 Å². The van der Waals surface area contributed by atoms with Gasteiger partial charge >= 0.3 is 5.97 Å². The van der Waals surface area contributed by atoms with Crippen molar-refractivity contribution in [2.45, 2.75) is 49.5 Å². The Bertz CT molecular complexity index is 860. The molecule has 0 N–H and O–H groups in total. The zero-order chi connectivity index (χ0) is 21.0. The summed E-state index contributed by atoms with van der Waals surface area (Å²) in [7, 11) is -0.783. The van der Waals surface area contributed by atoms with Crippen molar-refractivity contribution in [3.05, 3.63) is 18.2 Å². The van der Waals surface area contributed by atoms with E-state index in [-0.39, 0.29) is 29.7 Å². The van der Waals surface area contributed by atoms with E-state index in [0.29, 0.717) is 37.2 Å². The van der Waals surface area contributed by atoms with Gasteiger partial charge in [-0.25, -0.2) is 8.42 Å². The van der Waals surface area contributed by atoms with Crippen LogP contribution in [0.25, 0.3) is 0 Å². The number of hydrogen-bond donors (Lipinski definition) is 0. The topological polar surface area (TPSA) is 99.2 Å². The molecular formula is C20H27NO7S. The van der Waals surface area contributed by atoms with Gasteiger partial charge in [-0.2, -0.15) is 4.31 Å². The quantitative estimate of drug-likeness (QED) is 0.644. The van der Waals surface area contributed by atoms with Gasteiger partial charge in [0.2, 0.25) is 10.0 Å². The van der Waals surface area contributed by atoms with Crippen LogP contribution in [0.2, 0.25) is 0 Å². The van der Waals surface area contributed by atoms with Crippen molar-refractivity contribution in [1.82, 2.24) is 4.31 Å². The minimum Gasteiger partial charge on any atom is -0.493 e. The zero-order valence-electron chi connectivity index (χ0n) is 16.8. The molecule has 1 aromatic rings. The lowest BCUT2D eigenvalue weighted by molar-refractivity contribution is -0.161. The van der Waals surface area contributed by atoms with Crippen LogP contribution in [0.15, 0.2) is 23.1 Å². The largest absolute Gasteiger partial charge is 0.493 e. The van der Waals surface area contributed by atoms with Crippen LogP contribution in [-0.2, 0) is 24.3 Å². The van der Waals surface area contributed by atoms with Gasteiger partial charge < -0.3 is 14.2 Å². The molecule has 0 spiro atoms. The minimum atomic E-state index is -3.71. The van der Waals surface area contributed by atoms with E-state index in [0.717, 1.165) is 12.8 Å². The first-order valence-electron chi connectivity index (χ1n) is 9.82. The number of sulfonamides is 1. The van der Waals surface area contributed by atoms with Gasteiger partial charge in [-0.3, -0.25) is 9.59 Å². The standard InChI is InChI=1S/C20H27NO7S/c1-26-18-8-7-15(13-19(18)27-2)29(24,25)21-11-9-14(10-12-21)20(23)28-17-6-4-3-5-16(17)22/h7-8,13-14,17H,3-6,9-12H2,1-2H3/t17-/m1/s1. The van der Waals surface area contributed by atoms with Crippen molar-refractivity contribution in [1.29, 1.82) is 0 Å². The third-order valence-corrected chi connectivity index (χ3v) is 7.43. The molecule has 9 heteroatoms. The van der Waals surface area contributed by atoms with Crippen LogP contribution in [0.4, 0.5) is 0 Å². The second kappa shape index (κ2) is 9.13. The first-order chi connectivity index (χ1) is 13.9. The predicted octanol–water partition coefficient (Wildman–Crippen LogP) is 2.16. The molecule has 1 saturated heterocycles. The van der Waals surface area contributed by atoms with E-state index < -0.39 is 22.1 Å². The molecule has 1 aliphatic heterocycles. The van der Waals surface area contributed by atoms with Crippen LogP contribution < -0.4 is 9.47 Å². The molecule has 0 radical (unpaired) electrons. The molecule has 1 aliphatic carbocycles. The fraction of sp³-hybridized carbons (Fsp3) is 0.600. The van der Waals surface area contributed by atoms with Crippen LogP contribution in [0.5, 0.6) is 11.5 Å². The predicted molar refractivity (Wildman–Crippen MR) is 104 cm³/mol. The maximum absolute atomic E-state index is 13.0. The summed E-state index contributed by atoms with van der Waals surface area (Å²) in [4.78, 5) is 24.4. The third kappa shape index (κ3) is 4.72. The number of carbonyl (C=O) groups excluding carboxylic acids is 2. The summed E-state index contributed by atoms with van der Waals surface area (Å²) in [6.07, 6.45) is 2.87. The molecule has 1 aromatic carbocycles. The fourth-order valence-electron chi connectivity index (χ4n) is 3.77. The van der Waals surface area contributed by atoms with E-state index >= 15 is 0 Å². The normalized spacial score (nSPS) is 21.6. The summed E-state index contributed by atoms with van der Waals surface area (Å²) in [6.45, 7) is 0.435. The molecule has 1 atom stereocenters. The Labute approximate surface area is 171 Å². The average molecular weight is 426 g/mol. The van der Waals surface area contributed by atoms with Gasteiger partial charge in [-0.1, -0.05) is 0 Å². The number of ketones is 1. The van der Waals surface area contributed by atoms with Crippen molar-refractivity contribution < 1.29 is 32.2 Å². The molecule has 0 unspecified atom stereocenters. The Kier molecular flexibility index (Phi) is 6.79. The number of hydrogen-bond acceptors (Lipinski definition) is 7. The number of nitrogens with zero attached hydrogens (tertiary/aromatic N) is 1. The van der Waals surface area contributed by atoms with Gasteiger partial charge in [0, 0.05) is 25.6 Å². The molecule has 1 saturated carbocycles. The molecule has 8 nitrogen and oxygen atoms in total. The molecule has 160 valence electrons. The highest BCUT2D eigenvalue weighted by atomic mass is 32.2. The van der Waals surface area contributed by atoms with Gasteiger partial charge in [0.25, 0.3) is 0 Å². The Morgan fingerprint density at radius 2 is 1.72 bits per heavy atom. The molecule has 0 aromatic heterocycles. The highest BCUT2D eigenvalue weighted by Crippen LogP contribution is 2.32. The Morgan fingerprint density at radius 1 is 1.03 bits per heavy atom.